The number of para-hydroxylation sites is 1. The zero-order valence-corrected chi connectivity index (χ0v) is 14.8. The topological polar surface area (TPSA) is 42.0 Å². The van der Waals surface area contributed by atoms with Crippen LogP contribution in [0, 0.1) is 0 Å². The van der Waals surface area contributed by atoms with E-state index in [0.29, 0.717) is 17.9 Å². The second-order valence-electron chi connectivity index (χ2n) is 6.71. The third kappa shape index (κ3) is 3.28. The van der Waals surface area contributed by atoms with Crippen molar-refractivity contribution >= 4 is 5.91 Å². The molecule has 2 aliphatic rings. The molecule has 2 heterocycles. The van der Waals surface area contributed by atoms with Crippen LogP contribution in [0.5, 0.6) is 5.75 Å². The van der Waals surface area contributed by atoms with Crippen LogP contribution in [0.25, 0.3) is 0 Å². The molecule has 3 rings (SSSR count). The fraction of sp³-hybridized carbons (Fsp3) is 0.632. The van der Waals surface area contributed by atoms with Gasteiger partial charge in [-0.05, 0) is 38.3 Å². The normalized spacial score (nSPS) is 24.0. The Bertz CT molecular complexity index is 577. The van der Waals surface area contributed by atoms with Crippen LogP contribution in [0.1, 0.15) is 36.5 Å². The van der Waals surface area contributed by atoms with Gasteiger partial charge < -0.3 is 14.4 Å². The number of hydrogen-bond acceptors (Lipinski definition) is 4. The summed E-state index contributed by atoms with van der Waals surface area (Å²) < 4.78 is 10.9. The average Bonchev–Trinajstić information content (AvgIpc) is 2.61. The van der Waals surface area contributed by atoms with Gasteiger partial charge in [-0.25, -0.2) is 0 Å². The van der Waals surface area contributed by atoms with Crippen LogP contribution < -0.4 is 4.74 Å². The van der Waals surface area contributed by atoms with Crippen LogP contribution in [0.3, 0.4) is 0 Å². The SMILES string of the molecule is CCOc1ccccc1C(=O)N1CCCC2(CCN2CCOC)C1. The Morgan fingerprint density at radius 2 is 2.08 bits per heavy atom. The van der Waals surface area contributed by atoms with Crippen molar-refractivity contribution in [2.75, 3.05) is 46.5 Å². The third-order valence-corrected chi connectivity index (χ3v) is 5.34. The molecule has 1 atom stereocenters. The highest BCUT2D eigenvalue weighted by Crippen LogP contribution is 2.39. The van der Waals surface area contributed by atoms with E-state index < -0.39 is 0 Å². The van der Waals surface area contributed by atoms with Crippen LogP contribution in [0.2, 0.25) is 0 Å². The summed E-state index contributed by atoms with van der Waals surface area (Å²) in [5, 5.41) is 0. The lowest BCUT2D eigenvalue weighted by Crippen LogP contribution is -2.67. The standard InChI is InChI=1S/C19H28N2O3/c1-3-24-17-8-5-4-7-16(17)18(22)20-11-6-9-19(15-20)10-12-21(19)13-14-23-2/h4-5,7-8H,3,6,9-15H2,1-2H3. The highest BCUT2D eigenvalue weighted by Gasteiger charge is 2.47. The molecule has 1 aromatic carbocycles. The molecule has 1 amide bonds. The predicted molar refractivity (Wildman–Crippen MR) is 93.5 cm³/mol. The minimum Gasteiger partial charge on any atom is -0.493 e. The van der Waals surface area contributed by atoms with E-state index in [1.165, 1.54) is 12.8 Å². The summed E-state index contributed by atoms with van der Waals surface area (Å²) in [6.45, 7) is 6.98. The summed E-state index contributed by atoms with van der Waals surface area (Å²) in [6, 6.07) is 7.57. The molecule has 2 aliphatic heterocycles. The summed E-state index contributed by atoms with van der Waals surface area (Å²) in [5.74, 6) is 0.784. The van der Waals surface area contributed by atoms with Crippen LogP contribution in [-0.2, 0) is 4.74 Å². The summed E-state index contributed by atoms with van der Waals surface area (Å²) in [6.07, 6.45) is 3.41. The van der Waals surface area contributed by atoms with Crippen LogP contribution in [0.15, 0.2) is 24.3 Å². The lowest BCUT2D eigenvalue weighted by atomic mass is 9.77. The summed E-state index contributed by atoms with van der Waals surface area (Å²) in [4.78, 5) is 17.6. The quantitative estimate of drug-likeness (QED) is 0.802. The number of nitrogens with zero attached hydrogens (tertiary/aromatic N) is 2. The Labute approximate surface area is 144 Å². The molecule has 0 aromatic heterocycles. The van der Waals surface area contributed by atoms with E-state index in [1.807, 2.05) is 36.1 Å². The highest BCUT2D eigenvalue weighted by atomic mass is 16.5. The molecule has 0 bridgehead atoms. The van der Waals surface area contributed by atoms with E-state index in [4.69, 9.17) is 9.47 Å². The Balaban J connectivity index is 1.72. The fourth-order valence-electron chi connectivity index (χ4n) is 3.98. The molecular weight excluding hydrogens is 304 g/mol. The van der Waals surface area contributed by atoms with Gasteiger partial charge in [-0.2, -0.15) is 0 Å². The van der Waals surface area contributed by atoms with E-state index in [1.54, 1.807) is 7.11 Å². The first-order valence-electron chi connectivity index (χ1n) is 8.95. The van der Waals surface area contributed by atoms with E-state index in [-0.39, 0.29) is 11.4 Å². The van der Waals surface area contributed by atoms with Gasteiger partial charge in [-0.3, -0.25) is 9.69 Å². The molecule has 24 heavy (non-hydrogen) atoms. The van der Waals surface area contributed by atoms with Crippen molar-refractivity contribution in [1.82, 2.24) is 9.80 Å². The molecule has 5 nitrogen and oxygen atoms in total. The van der Waals surface area contributed by atoms with E-state index in [2.05, 4.69) is 4.90 Å². The Kier molecular flexibility index (Phi) is 5.41. The van der Waals surface area contributed by atoms with Crippen molar-refractivity contribution in [2.45, 2.75) is 31.7 Å². The number of likely N-dealkylation sites (tertiary alicyclic amines) is 2. The average molecular weight is 332 g/mol. The second-order valence-corrected chi connectivity index (χ2v) is 6.71. The summed E-state index contributed by atoms with van der Waals surface area (Å²) >= 11 is 0. The molecule has 1 spiro atoms. The number of methoxy groups -OCH3 is 1. The third-order valence-electron chi connectivity index (χ3n) is 5.34. The van der Waals surface area contributed by atoms with Gasteiger partial charge in [0.2, 0.25) is 0 Å². The number of carbonyl (C=O) groups excluding carboxylic acids is 1. The molecule has 0 radical (unpaired) electrons. The van der Waals surface area contributed by atoms with Gasteiger partial charge in [0, 0.05) is 38.8 Å². The molecule has 0 N–H and O–H groups in total. The number of benzene rings is 1. The highest BCUT2D eigenvalue weighted by molar-refractivity contribution is 5.97. The lowest BCUT2D eigenvalue weighted by molar-refractivity contribution is -0.0679. The van der Waals surface area contributed by atoms with Gasteiger partial charge in [0.05, 0.1) is 18.8 Å². The van der Waals surface area contributed by atoms with Crippen molar-refractivity contribution in [3.05, 3.63) is 29.8 Å². The fourth-order valence-corrected chi connectivity index (χ4v) is 3.98. The van der Waals surface area contributed by atoms with Gasteiger partial charge in [0.15, 0.2) is 0 Å². The number of hydrogen-bond donors (Lipinski definition) is 0. The molecule has 2 saturated heterocycles. The Morgan fingerprint density at radius 1 is 1.25 bits per heavy atom. The summed E-state index contributed by atoms with van der Waals surface area (Å²) in [7, 11) is 1.74. The molecule has 2 fully saturated rings. The molecule has 5 heteroatoms. The molecule has 1 unspecified atom stereocenters. The predicted octanol–water partition coefficient (Wildman–Crippen LogP) is 2.41. The number of piperidine rings is 1. The lowest BCUT2D eigenvalue weighted by Gasteiger charge is -2.57. The molecule has 132 valence electrons. The molecule has 0 saturated carbocycles. The largest absolute Gasteiger partial charge is 0.493 e. The zero-order valence-electron chi connectivity index (χ0n) is 14.8. The first kappa shape index (κ1) is 17.2. The first-order chi connectivity index (χ1) is 11.7. The van der Waals surface area contributed by atoms with Crippen LogP contribution in [-0.4, -0.2) is 67.7 Å². The van der Waals surface area contributed by atoms with Gasteiger partial charge in [-0.1, -0.05) is 12.1 Å². The number of ether oxygens (including phenoxy) is 2. The number of rotatable bonds is 6. The van der Waals surface area contributed by atoms with Gasteiger partial charge in [-0.15, -0.1) is 0 Å². The molecule has 1 aromatic rings. The maximum Gasteiger partial charge on any atom is 0.257 e. The number of carbonyl (C=O) groups is 1. The minimum atomic E-state index is 0.0942. The van der Waals surface area contributed by atoms with Crippen molar-refractivity contribution in [3.63, 3.8) is 0 Å². The van der Waals surface area contributed by atoms with Crippen molar-refractivity contribution in [1.29, 1.82) is 0 Å². The van der Waals surface area contributed by atoms with Crippen molar-refractivity contribution < 1.29 is 14.3 Å². The monoisotopic (exact) mass is 332 g/mol. The van der Waals surface area contributed by atoms with Gasteiger partial charge in [0.1, 0.15) is 5.75 Å². The second kappa shape index (κ2) is 7.53. The molecule has 0 aliphatic carbocycles. The zero-order chi connectivity index (χ0) is 17.0. The van der Waals surface area contributed by atoms with Gasteiger partial charge >= 0.3 is 0 Å². The molecular formula is C19H28N2O3. The summed E-state index contributed by atoms with van der Waals surface area (Å²) in [5.41, 5.74) is 0.840. The maximum atomic E-state index is 13.0. The minimum absolute atomic E-state index is 0.0942. The number of amides is 1. The van der Waals surface area contributed by atoms with Crippen molar-refractivity contribution in [2.24, 2.45) is 0 Å². The Morgan fingerprint density at radius 3 is 2.79 bits per heavy atom. The first-order valence-corrected chi connectivity index (χ1v) is 8.95. The van der Waals surface area contributed by atoms with Crippen LogP contribution >= 0.6 is 0 Å². The van der Waals surface area contributed by atoms with E-state index in [9.17, 15) is 4.79 Å². The van der Waals surface area contributed by atoms with E-state index in [0.717, 1.165) is 39.2 Å². The van der Waals surface area contributed by atoms with Crippen molar-refractivity contribution in [3.8, 4) is 5.75 Å². The Hall–Kier alpha value is -1.59. The van der Waals surface area contributed by atoms with E-state index >= 15 is 0 Å². The van der Waals surface area contributed by atoms with Gasteiger partial charge in [0.25, 0.3) is 5.91 Å². The van der Waals surface area contributed by atoms with Crippen LogP contribution in [0.4, 0.5) is 0 Å². The smallest absolute Gasteiger partial charge is 0.257 e. The maximum absolute atomic E-state index is 13.0.